The number of benzene rings is 1. The molecular formula is C14H21FN2O4S. The van der Waals surface area contributed by atoms with Gasteiger partial charge in [-0.1, -0.05) is 0 Å². The summed E-state index contributed by atoms with van der Waals surface area (Å²) in [6.45, 7) is 1.68. The minimum Gasteiger partial charge on any atom is -0.490 e. The fraction of sp³-hybridized carbons (Fsp3) is 0.571. The maximum Gasteiger partial charge on any atom is 0.246 e. The van der Waals surface area contributed by atoms with Crippen LogP contribution in [0.2, 0.25) is 0 Å². The van der Waals surface area contributed by atoms with Crippen molar-refractivity contribution < 1.29 is 22.3 Å². The highest BCUT2D eigenvalue weighted by molar-refractivity contribution is 7.89. The summed E-state index contributed by atoms with van der Waals surface area (Å²) in [5.41, 5.74) is 5.59. The van der Waals surface area contributed by atoms with Gasteiger partial charge in [-0.2, -0.15) is 4.31 Å². The third-order valence-corrected chi connectivity index (χ3v) is 5.54. The fourth-order valence-electron chi connectivity index (χ4n) is 2.38. The second-order valence-corrected chi connectivity index (χ2v) is 7.09. The number of nitrogens with two attached hydrogens (primary N) is 1. The molecule has 8 heteroatoms. The topological polar surface area (TPSA) is 81.9 Å². The molecule has 1 aliphatic rings. The van der Waals surface area contributed by atoms with Gasteiger partial charge in [-0.3, -0.25) is 0 Å². The molecule has 0 spiro atoms. The second kappa shape index (κ2) is 7.36. The third-order valence-electron chi connectivity index (χ3n) is 3.65. The van der Waals surface area contributed by atoms with E-state index in [2.05, 4.69) is 0 Å². The van der Waals surface area contributed by atoms with Crippen LogP contribution in [-0.2, 0) is 14.8 Å². The van der Waals surface area contributed by atoms with Crippen LogP contribution in [0, 0.1) is 11.7 Å². The molecule has 0 saturated carbocycles. The van der Waals surface area contributed by atoms with Gasteiger partial charge in [-0.05, 0) is 37.1 Å². The first-order chi connectivity index (χ1) is 10.5. The SMILES string of the molecule is COCCOc1ccc(F)cc1S(=O)(=O)N1CCC(CN)C1. The Morgan fingerprint density at radius 2 is 2.18 bits per heavy atom. The van der Waals surface area contributed by atoms with Crippen molar-refractivity contribution in [3.63, 3.8) is 0 Å². The van der Waals surface area contributed by atoms with Crippen LogP contribution in [0.3, 0.4) is 0 Å². The van der Waals surface area contributed by atoms with Crippen LogP contribution in [0.1, 0.15) is 6.42 Å². The summed E-state index contributed by atoms with van der Waals surface area (Å²) in [5, 5.41) is 0. The molecule has 22 heavy (non-hydrogen) atoms. The molecule has 124 valence electrons. The summed E-state index contributed by atoms with van der Waals surface area (Å²) in [6, 6.07) is 3.50. The van der Waals surface area contributed by atoms with Gasteiger partial charge in [0.05, 0.1) is 6.61 Å². The van der Waals surface area contributed by atoms with Crippen LogP contribution in [0.5, 0.6) is 5.75 Å². The molecule has 0 aliphatic carbocycles. The summed E-state index contributed by atoms with van der Waals surface area (Å²) < 4.78 is 50.5. The van der Waals surface area contributed by atoms with E-state index in [0.29, 0.717) is 32.7 Å². The molecule has 1 aliphatic heterocycles. The van der Waals surface area contributed by atoms with E-state index in [9.17, 15) is 12.8 Å². The molecule has 2 N–H and O–H groups in total. The van der Waals surface area contributed by atoms with Gasteiger partial charge in [-0.15, -0.1) is 0 Å². The molecular weight excluding hydrogens is 311 g/mol. The van der Waals surface area contributed by atoms with Crippen LogP contribution in [0.15, 0.2) is 23.1 Å². The number of hydrogen-bond acceptors (Lipinski definition) is 5. The van der Waals surface area contributed by atoms with Crippen molar-refractivity contribution in [2.24, 2.45) is 11.7 Å². The van der Waals surface area contributed by atoms with Gasteiger partial charge in [-0.25, -0.2) is 12.8 Å². The Bertz CT molecular complexity index is 609. The summed E-state index contributed by atoms with van der Waals surface area (Å²) in [5.74, 6) is -0.344. The Balaban J connectivity index is 2.27. The second-order valence-electron chi connectivity index (χ2n) is 5.19. The molecule has 1 unspecified atom stereocenters. The zero-order chi connectivity index (χ0) is 16.2. The van der Waals surface area contributed by atoms with E-state index in [0.717, 1.165) is 6.07 Å². The average Bonchev–Trinajstić information content (AvgIpc) is 2.98. The first-order valence-corrected chi connectivity index (χ1v) is 8.54. The normalized spacial score (nSPS) is 19.5. The predicted molar refractivity (Wildman–Crippen MR) is 79.7 cm³/mol. The zero-order valence-electron chi connectivity index (χ0n) is 12.5. The standard InChI is InChI=1S/C14H21FN2O4S/c1-20-6-7-21-13-3-2-12(15)8-14(13)22(18,19)17-5-4-11(9-16)10-17/h2-3,8,11H,4-7,9-10,16H2,1H3. The number of methoxy groups -OCH3 is 1. The number of nitrogens with zero attached hydrogens (tertiary/aromatic N) is 1. The number of hydrogen-bond donors (Lipinski definition) is 1. The molecule has 0 amide bonds. The maximum absolute atomic E-state index is 13.5. The van der Waals surface area contributed by atoms with Crippen molar-refractivity contribution >= 4 is 10.0 Å². The molecule has 1 aromatic rings. The zero-order valence-corrected chi connectivity index (χ0v) is 13.3. The van der Waals surface area contributed by atoms with Crippen molar-refractivity contribution in [2.75, 3.05) is 40.0 Å². The van der Waals surface area contributed by atoms with Crippen LogP contribution in [-0.4, -0.2) is 52.7 Å². The van der Waals surface area contributed by atoms with Gasteiger partial charge in [0.15, 0.2) is 0 Å². The summed E-state index contributed by atoms with van der Waals surface area (Å²) in [4.78, 5) is -0.152. The van der Waals surface area contributed by atoms with Crippen LogP contribution in [0.25, 0.3) is 0 Å². The summed E-state index contributed by atoms with van der Waals surface area (Å²) >= 11 is 0. The van der Waals surface area contributed by atoms with E-state index in [1.54, 1.807) is 0 Å². The molecule has 1 aromatic carbocycles. The lowest BCUT2D eigenvalue weighted by molar-refractivity contribution is 0.144. The van der Waals surface area contributed by atoms with E-state index >= 15 is 0 Å². The number of rotatable bonds is 7. The van der Waals surface area contributed by atoms with Crippen molar-refractivity contribution in [1.29, 1.82) is 0 Å². The van der Waals surface area contributed by atoms with Crippen molar-refractivity contribution in [1.82, 2.24) is 4.31 Å². The summed E-state index contributed by atoms with van der Waals surface area (Å²) in [7, 11) is -2.28. The molecule has 1 atom stereocenters. The minimum absolute atomic E-state index is 0.134. The van der Waals surface area contributed by atoms with Crippen molar-refractivity contribution in [2.45, 2.75) is 11.3 Å². The van der Waals surface area contributed by atoms with E-state index in [-0.39, 0.29) is 23.2 Å². The van der Waals surface area contributed by atoms with Gasteiger partial charge in [0.25, 0.3) is 0 Å². The van der Waals surface area contributed by atoms with E-state index in [4.69, 9.17) is 15.2 Å². The molecule has 1 saturated heterocycles. The molecule has 0 radical (unpaired) electrons. The van der Waals surface area contributed by atoms with Gasteiger partial charge in [0.2, 0.25) is 10.0 Å². The largest absolute Gasteiger partial charge is 0.490 e. The fourth-order valence-corrected chi connectivity index (χ4v) is 4.06. The molecule has 2 rings (SSSR count). The third kappa shape index (κ3) is 3.75. The quantitative estimate of drug-likeness (QED) is 0.748. The monoisotopic (exact) mass is 332 g/mol. The Morgan fingerprint density at radius 3 is 2.82 bits per heavy atom. The number of halogens is 1. The molecule has 1 heterocycles. The highest BCUT2D eigenvalue weighted by Gasteiger charge is 2.34. The molecule has 6 nitrogen and oxygen atoms in total. The van der Waals surface area contributed by atoms with Gasteiger partial charge in [0, 0.05) is 20.2 Å². The molecule has 0 bridgehead atoms. The lowest BCUT2D eigenvalue weighted by Crippen LogP contribution is -2.30. The van der Waals surface area contributed by atoms with E-state index < -0.39 is 15.8 Å². The Hall–Kier alpha value is -1.22. The smallest absolute Gasteiger partial charge is 0.246 e. The van der Waals surface area contributed by atoms with Crippen LogP contribution < -0.4 is 10.5 Å². The van der Waals surface area contributed by atoms with Crippen molar-refractivity contribution in [3.8, 4) is 5.75 Å². The van der Waals surface area contributed by atoms with E-state index in [1.807, 2.05) is 0 Å². The molecule has 1 fully saturated rings. The first kappa shape index (κ1) is 17.1. The number of ether oxygens (including phenoxy) is 2. The average molecular weight is 332 g/mol. The van der Waals surface area contributed by atoms with Gasteiger partial charge < -0.3 is 15.2 Å². The lowest BCUT2D eigenvalue weighted by atomic mass is 10.1. The molecule has 0 aromatic heterocycles. The predicted octanol–water partition coefficient (Wildman–Crippen LogP) is 0.820. The maximum atomic E-state index is 13.5. The van der Waals surface area contributed by atoms with Gasteiger partial charge >= 0.3 is 0 Å². The van der Waals surface area contributed by atoms with Gasteiger partial charge in [0.1, 0.15) is 23.1 Å². The summed E-state index contributed by atoms with van der Waals surface area (Å²) in [6.07, 6.45) is 0.713. The lowest BCUT2D eigenvalue weighted by Gasteiger charge is -2.19. The highest BCUT2D eigenvalue weighted by Crippen LogP contribution is 2.30. The Morgan fingerprint density at radius 1 is 1.41 bits per heavy atom. The Kier molecular flexibility index (Phi) is 5.74. The first-order valence-electron chi connectivity index (χ1n) is 7.10. The van der Waals surface area contributed by atoms with E-state index in [1.165, 1.54) is 23.5 Å². The highest BCUT2D eigenvalue weighted by atomic mass is 32.2. The van der Waals surface area contributed by atoms with Crippen molar-refractivity contribution in [3.05, 3.63) is 24.0 Å². The minimum atomic E-state index is -3.80. The van der Waals surface area contributed by atoms with Crippen LogP contribution >= 0.6 is 0 Å². The number of sulfonamides is 1. The Labute approximate surface area is 130 Å². The van der Waals surface area contributed by atoms with Crippen LogP contribution in [0.4, 0.5) is 4.39 Å².